The van der Waals surface area contributed by atoms with Crippen LogP contribution in [-0.2, 0) is 22.7 Å². The Morgan fingerprint density at radius 3 is 2.27 bits per heavy atom. The summed E-state index contributed by atoms with van der Waals surface area (Å²) < 4.78 is 2.27. The Morgan fingerprint density at radius 1 is 0.865 bits per heavy atom. The maximum Gasteiger partial charge on any atom is 0.242 e. The minimum absolute atomic E-state index is 0.106. The maximum absolute atomic E-state index is 14.0. The molecule has 0 radical (unpaired) electrons. The van der Waals surface area contributed by atoms with Gasteiger partial charge < -0.3 is 14.4 Å². The number of hydrogen-bond acceptors (Lipinski definition) is 2. The largest absolute Gasteiger partial charge is 0.345 e. The second-order valence-electron chi connectivity index (χ2n) is 11.2. The lowest BCUT2D eigenvalue weighted by molar-refractivity contribution is -0.145. The van der Waals surface area contributed by atoms with Crippen LogP contribution in [0.1, 0.15) is 102 Å². The van der Waals surface area contributed by atoms with Crippen LogP contribution < -0.4 is 0 Å². The molecule has 1 heterocycles. The van der Waals surface area contributed by atoms with Gasteiger partial charge in [0.2, 0.25) is 11.8 Å². The molecule has 0 N–H and O–H groups in total. The van der Waals surface area contributed by atoms with Crippen LogP contribution in [0.5, 0.6) is 0 Å². The van der Waals surface area contributed by atoms with Crippen molar-refractivity contribution in [3.63, 3.8) is 0 Å². The van der Waals surface area contributed by atoms with Crippen molar-refractivity contribution in [2.45, 2.75) is 110 Å². The molecular formula is C32H47N3O2. The zero-order valence-corrected chi connectivity index (χ0v) is 23.0. The third-order valence-corrected chi connectivity index (χ3v) is 8.41. The summed E-state index contributed by atoms with van der Waals surface area (Å²) in [5, 5.41) is 0. The Morgan fingerprint density at radius 2 is 1.57 bits per heavy atom. The van der Waals surface area contributed by atoms with Crippen LogP contribution in [0.15, 0.2) is 48.7 Å². The molecule has 1 aromatic heterocycles. The Labute approximate surface area is 224 Å². The normalized spacial score (nSPS) is 17.0. The first-order valence-electron chi connectivity index (χ1n) is 14.9. The summed E-state index contributed by atoms with van der Waals surface area (Å²) in [4.78, 5) is 31.6. The minimum Gasteiger partial charge on any atom is -0.345 e. The molecule has 1 aromatic carbocycles. The predicted octanol–water partition coefficient (Wildman–Crippen LogP) is 6.80. The Balaban J connectivity index is 1.50. The summed E-state index contributed by atoms with van der Waals surface area (Å²) in [6.07, 6.45) is 16.5. The first-order chi connectivity index (χ1) is 18.2. The minimum atomic E-state index is 0.106. The third-order valence-electron chi connectivity index (χ3n) is 8.41. The van der Waals surface area contributed by atoms with Crippen molar-refractivity contribution in [3.05, 3.63) is 59.9 Å². The number of nitrogens with zero attached hydrogens (tertiary/aromatic N) is 3. The van der Waals surface area contributed by atoms with Crippen molar-refractivity contribution in [1.29, 1.82) is 0 Å². The van der Waals surface area contributed by atoms with E-state index in [4.69, 9.17) is 0 Å². The fraction of sp³-hybridized carbons (Fsp3) is 0.625. The zero-order valence-electron chi connectivity index (χ0n) is 23.0. The van der Waals surface area contributed by atoms with Crippen molar-refractivity contribution in [2.75, 3.05) is 13.1 Å². The van der Waals surface area contributed by atoms with E-state index in [1.165, 1.54) is 36.9 Å². The smallest absolute Gasteiger partial charge is 0.242 e. The highest BCUT2D eigenvalue weighted by Crippen LogP contribution is 2.27. The van der Waals surface area contributed by atoms with Gasteiger partial charge in [0.1, 0.15) is 0 Å². The van der Waals surface area contributed by atoms with E-state index < -0.39 is 0 Å². The standard InChI is InChI=1S/C32H47N3O2/c1-2-3-13-22-34(32(37)28-17-9-5-10-18-28)26-31(36)35(29-19-11-6-12-20-29)25-30-21-14-23-33(30)24-27-15-7-4-8-16-27/h4,7-8,14-16,21,23,28-29H,2-3,5-6,9-13,17-20,22,24-26H2,1H3. The molecule has 5 heteroatoms. The van der Waals surface area contributed by atoms with Crippen molar-refractivity contribution in [2.24, 2.45) is 5.92 Å². The lowest BCUT2D eigenvalue weighted by Crippen LogP contribution is -2.49. The third kappa shape index (κ3) is 7.96. The van der Waals surface area contributed by atoms with E-state index in [1.807, 2.05) is 11.0 Å². The SMILES string of the molecule is CCCCCN(CC(=O)N(Cc1cccn1Cc1ccccc1)C1CCCCC1)C(=O)C1CCCCC1. The molecule has 0 unspecified atom stereocenters. The summed E-state index contributed by atoms with van der Waals surface area (Å²) in [6.45, 7) is 4.55. The summed E-state index contributed by atoms with van der Waals surface area (Å²) in [7, 11) is 0. The van der Waals surface area contributed by atoms with E-state index in [-0.39, 0.29) is 30.3 Å². The molecular weight excluding hydrogens is 458 g/mol. The highest BCUT2D eigenvalue weighted by atomic mass is 16.2. The van der Waals surface area contributed by atoms with Crippen molar-refractivity contribution >= 4 is 11.8 Å². The number of carbonyl (C=O) groups is 2. The zero-order chi connectivity index (χ0) is 25.9. The monoisotopic (exact) mass is 505 g/mol. The van der Waals surface area contributed by atoms with E-state index in [9.17, 15) is 9.59 Å². The molecule has 2 aliphatic carbocycles. The average Bonchev–Trinajstić information content (AvgIpc) is 3.38. The molecule has 4 rings (SSSR count). The first kappa shape index (κ1) is 27.5. The van der Waals surface area contributed by atoms with E-state index in [0.717, 1.165) is 64.3 Å². The number of hydrogen-bond donors (Lipinski definition) is 0. The van der Waals surface area contributed by atoms with Crippen molar-refractivity contribution in [3.8, 4) is 0 Å². The van der Waals surface area contributed by atoms with Gasteiger partial charge in [-0.15, -0.1) is 0 Å². The van der Waals surface area contributed by atoms with Crippen LogP contribution in [0.3, 0.4) is 0 Å². The second-order valence-corrected chi connectivity index (χ2v) is 11.2. The molecule has 2 aliphatic rings. The topological polar surface area (TPSA) is 45.6 Å². The molecule has 0 atom stereocenters. The molecule has 202 valence electrons. The summed E-state index contributed by atoms with van der Waals surface area (Å²) >= 11 is 0. The number of unbranched alkanes of at least 4 members (excludes halogenated alkanes) is 2. The Kier molecular flexibility index (Phi) is 10.7. The molecule has 0 spiro atoms. The Bertz CT molecular complexity index is 957. The van der Waals surface area contributed by atoms with Crippen LogP contribution in [0.4, 0.5) is 0 Å². The van der Waals surface area contributed by atoms with Crippen LogP contribution in [0, 0.1) is 5.92 Å². The van der Waals surface area contributed by atoms with Crippen LogP contribution >= 0.6 is 0 Å². The van der Waals surface area contributed by atoms with E-state index >= 15 is 0 Å². The predicted molar refractivity (Wildman–Crippen MR) is 150 cm³/mol. The maximum atomic E-state index is 14.0. The summed E-state index contributed by atoms with van der Waals surface area (Å²) in [6, 6.07) is 15.0. The van der Waals surface area contributed by atoms with E-state index in [1.54, 1.807) is 0 Å². The average molecular weight is 506 g/mol. The number of aromatic nitrogens is 1. The van der Waals surface area contributed by atoms with E-state index in [0.29, 0.717) is 13.1 Å². The first-order valence-corrected chi connectivity index (χ1v) is 14.9. The number of amides is 2. The van der Waals surface area contributed by atoms with Gasteiger partial charge in [0, 0.05) is 36.9 Å². The molecule has 0 saturated heterocycles. The highest BCUT2D eigenvalue weighted by Gasteiger charge is 2.31. The molecule has 2 fully saturated rings. The van der Waals surface area contributed by atoms with Gasteiger partial charge >= 0.3 is 0 Å². The molecule has 37 heavy (non-hydrogen) atoms. The van der Waals surface area contributed by atoms with Gasteiger partial charge in [-0.2, -0.15) is 0 Å². The Hall–Kier alpha value is -2.56. The van der Waals surface area contributed by atoms with Gasteiger partial charge in [-0.3, -0.25) is 9.59 Å². The summed E-state index contributed by atoms with van der Waals surface area (Å²) in [5.41, 5.74) is 2.43. The number of carbonyl (C=O) groups excluding carboxylic acids is 2. The van der Waals surface area contributed by atoms with Gasteiger partial charge in [-0.1, -0.05) is 88.6 Å². The van der Waals surface area contributed by atoms with Crippen LogP contribution in [0.25, 0.3) is 0 Å². The molecule has 2 amide bonds. The molecule has 2 saturated carbocycles. The van der Waals surface area contributed by atoms with Gasteiger partial charge in [-0.05, 0) is 49.8 Å². The van der Waals surface area contributed by atoms with Crippen molar-refractivity contribution < 1.29 is 9.59 Å². The van der Waals surface area contributed by atoms with Crippen LogP contribution in [-0.4, -0.2) is 45.3 Å². The molecule has 0 aliphatic heterocycles. The van der Waals surface area contributed by atoms with Crippen LogP contribution in [0.2, 0.25) is 0 Å². The summed E-state index contributed by atoms with van der Waals surface area (Å²) in [5.74, 6) is 0.453. The van der Waals surface area contributed by atoms with Crippen molar-refractivity contribution in [1.82, 2.24) is 14.4 Å². The fourth-order valence-corrected chi connectivity index (χ4v) is 6.20. The van der Waals surface area contributed by atoms with Gasteiger partial charge in [0.15, 0.2) is 0 Å². The lowest BCUT2D eigenvalue weighted by Gasteiger charge is -2.37. The molecule has 5 nitrogen and oxygen atoms in total. The number of benzene rings is 1. The van der Waals surface area contributed by atoms with Gasteiger partial charge in [-0.25, -0.2) is 0 Å². The molecule has 0 bridgehead atoms. The quantitative estimate of drug-likeness (QED) is 0.298. The second kappa shape index (κ2) is 14.4. The number of rotatable bonds is 12. The lowest BCUT2D eigenvalue weighted by atomic mass is 9.88. The fourth-order valence-electron chi connectivity index (χ4n) is 6.20. The van der Waals surface area contributed by atoms with Gasteiger partial charge in [0.05, 0.1) is 13.1 Å². The van der Waals surface area contributed by atoms with E-state index in [2.05, 4.69) is 59.0 Å². The highest BCUT2D eigenvalue weighted by molar-refractivity contribution is 5.86. The molecule has 2 aromatic rings. The van der Waals surface area contributed by atoms with Gasteiger partial charge in [0.25, 0.3) is 0 Å².